The first-order chi connectivity index (χ1) is 13.0. The summed E-state index contributed by atoms with van der Waals surface area (Å²) >= 11 is 1.47. The van der Waals surface area contributed by atoms with Gasteiger partial charge in [-0.1, -0.05) is 54.2 Å². The van der Waals surface area contributed by atoms with Crippen LogP contribution >= 0.6 is 11.8 Å². The molecule has 0 bridgehead atoms. The lowest BCUT2D eigenvalue weighted by molar-refractivity contribution is -0.128. The lowest BCUT2D eigenvalue weighted by Crippen LogP contribution is -2.31. The van der Waals surface area contributed by atoms with Gasteiger partial charge < -0.3 is 4.90 Å². The van der Waals surface area contributed by atoms with E-state index in [1.807, 2.05) is 37.5 Å². The average Bonchev–Trinajstić information content (AvgIpc) is 3.16. The zero-order valence-corrected chi connectivity index (χ0v) is 17.0. The molecule has 3 aromatic rings. The molecule has 0 aliphatic rings. The van der Waals surface area contributed by atoms with Crippen molar-refractivity contribution >= 4 is 17.7 Å². The summed E-state index contributed by atoms with van der Waals surface area (Å²) in [6.07, 6.45) is 3.73. The molecular formula is C22H25N3OS. The topological polar surface area (TPSA) is 38.1 Å². The monoisotopic (exact) mass is 379 g/mol. The Bertz CT molecular complexity index is 920. The summed E-state index contributed by atoms with van der Waals surface area (Å²) in [5, 5.41) is 0.831. The molecule has 3 rings (SSSR count). The number of hydrogen-bond acceptors (Lipinski definition) is 3. The highest BCUT2D eigenvalue weighted by Crippen LogP contribution is 2.25. The second-order valence-electron chi connectivity index (χ2n) is 6.68. The maximum Gasteiger partial charge on any atom is 0.233 e. The molecule has 0 aliphatic heterocycles. The van der Waals surface area contributed by atoms with Gasteiger partial charge in [-0.25, -0.2) is 4.98 Å². The van der Waals surface area contributed by atoms with E-state index < -0.39 is 0 Å². The van der Waals surface area contributed by atoms with Gasteiger partial charge in [-0.3, -0.25) is 9.36 Å². The van der Waals surface area contributed by atoms with Crippen LogP contribution in [-0.2, 0) is 4.79 Å². The van der Waals surface area contributed by atoms with Gasteiger partial charge in [0.2, 0.25) is 5.91 Å². The molecule has 1 amide bonds. The second-order valence-corrected chi connectivity index (χ2v) is 7.62. The van der Waals surface area contributed by atoms with E-state index in [0.717, 1.165) is 16.4 Å². The molecule has 4 nitrogen and oxygen atoms in total. The molecule has 5 heteroatoms. The van der Waals surface area contributed by atoms with Crippen molar-refractivity contribution in [1.29, 1.82) is 0 Å². The van der Waals surface area contributed by atoms with E-state index in [-0.39, 0.29) is 11.9 Å². The predicted molar refractivity (Wildman–Crippen MR) is 111 cm³/mol. The van der Waals surface area contributed by atoms with E-state index in [9.17, 15) is 4.79 Å². The van der Waals surface area contributed by atoms with Gasteiger partial charge in [0.15, 0.2) is 5.16 Å². The van der Waals surface area contributed by atoms with Crippen LogP contribution in [0.1, 0.15) is 29.7 Å². The quantitative estimate of drug-likeness (QED) is 0.577. The third-order valence-corrected chi connectivity index (χ3v) is 5.98. The fourth-order valence-electron chi connectivity index (χ4n) is 2.98. The Morgan fingerprint density at radius 2 is 1.89 bits per heavy atom. The lowest BCUT2D eigenvalue weighted by atomic mass is 10.1. The van der Waals surface area contributed by atoms with Crippen molar-refractivity contribution in [2.45, 2.75) is 32.0 Å². The largest absolute Gasteiger partial charge is 0.338 e. The molecular weight excluding hydrogens is 354 g/mol. The zero-order valence-electron chi connectivity index (χ0n) is 16.2. The molecule has 0 radical (unpaired) electrons. The van der Waals surface area contributed by atoms with Gasteiger partial charge in [0.25, 0.3) is 0 Å². The molecule has 140 valence electrons. The van der Waals surface area contributed by atoms with Gasteiger partial charge in [-0.05, 0) is 43.5 Å². The Hall–Kier alpha value is -2.53. The molecule has 2 aromatic carbocycles. The summed E-state index contributed by atoms with van der Waals surface area (Å²) in [6, 6.07) is 16.4. The van der Waals surface area contributed by atoms with Gasteiger partial charge in [0, 0.05) is 19.4 Å². The number of imidazole rings is 1. The Labute approximate surface area is 165 Å². The van der Waals surface area contributed by atoms with Crippen LogP contribution in [0.3, 0.4) is 0 Å². The van der Waals surface area contributed by atoms with Gasteiger partial charge in [0.05, 0.1) is 17.5 Å². The summed E-state index contributed by atoms with van der Waals surface area (Å²) < 4.78 is 2.06. The number of benzene rings is 2. The highest BCUT2D eigenvalue weighted by Gasteiger charge is 2.18. The molecule has 0 aliphatic carbocycles. The number of aryl methyl sites for hydroxylation is 1. The van der Waals surface area contributed by atoms with Crippen molar-refractivity contribution in [3.05, 3.63) is 77.6 Å². The smallest absolute Gasteiger partial charge is 0.233 e. The second kappa shape index (κ2) is 8.44. The third-order valence-electron chi connectivity index (χ3n) is 5.02. The minimum absolute atomic E-state index is 0.0399. The summed E-state index contributed by atoms with van der Waals surface area (Å²) in [7, 11) is 1.86. The van der Waals surface area contributed by atoms with Crippen LogP contribution in [0.5, 0.6) is 0 Å². The molecule has 0 spiro atoms. The molecule has 1 aromatic heterocycles. The predicted octanol–water partition coefficient (Wildman–Crippen LogP) is 4.80. The fourth-order valence-corrected chi connectivity index (χ4v) is 3.87. The summed E-state index contributed by atoms with van der Waals surface area (Å²) in [6.45, 7) is 6.26. The van der Waals surface area contributed by atoms with Crippen LogP contribution < -0.4 is 0 Å². The van der Waals surface area contributed by atoms with E-state index in [1.54, 1.807) is 11.1 Å². The Morgan fingerprint density at radius 1 is 1.15 bits per heavy atom. The van der Waals surface area contributed by atoms with E-state index in [4.69, 9.17) is 0 Å². The molecule has 0 fully saturated rings. The molecule has 0 saturated carbocycles. The minimum Gasteiger partial charge on any atom is -0.338 e. The first-order valence-corrected chi connectivity index (χ1v) is 10.0. The molecule has 27 heavy (non-hydrogen) atoms. The fraction of sp³-hybridized carbons (Fsp3) is 0.273. The van der Waals surface area contributed by atoms with E-state index >= 15 is 0 Å². The van der Waals surface area contributed by atoms with Crippen LogP contribution in [-0.4, -0.2) is 33.2 Å². The Balaban J connectivity index is 1.70. The number of rotatable bonds is 6. The number of carbonyl (C=O) groups excluding carboxylic acids is 1. The number of aromatic nitrogens is 2. The van der Waals surface area contributed by atoms with Crippen molar-refractivity contribution in [2.75, 3.05) is 12.8 Å². The number of thioether (sulfide) groups is 1. The SMILES string of the molecule is Cc1cccc(-n2ccnc2SCC(=O)N(C)C(C)c2ccccc2)c1C. The van der Waals surface area contributed by atoms with E-state index in [0.29, 0.717) is 5.75 Å². The van der Waals surface area contributed by atoms with Gasteiger partial charge >= 0.3 is 0 Å². The summed E-state index contributed by atoms with van der Waals surface area (Å²) in [4.78, 5) is 18.9. The Kier molecular flexibility index (Phi) is 6.01. The third kappa shape index (κ3) is 4.25. The Morgan fingerprint density at radius 3 is 2.63 bits per heavy atom. The molecule has 0 saturated heterocycles. The van der Waals surface area contributed by atoms with Crippen molar-refractivity contribution in [1.82, 2.24) is 14.5 Å². The maximum absolute atomic E-state index is 12.7. The number of amides is 1. The van der Waals surface area contributed by atoms with Gasteiger partial charge in [-0.2, -0.15) is 0 Å². The first kappa shape index (κ1) is 19.2. The zero-order chi connectivity index (χ0) is 19.4. The van der Waals surface area contributed by atoms with Crippen molar-refractivity contribution in [3.8, 4) is 5.69 Å². The average molecular weight is 380 g/mol. The van der Waals surface area contributed by atoms with Crippen LogP contribution in [0.15, 0.2) is 66.1 Å². The van der Waals surface area contributed by atoms with Crippen LogP contribution in [0.4, 0.5) is 0 Å². The van der Waals surface area contributed by atoms with E-state index in [1.165, 1.54) is 22.9 Å². The molecule has 1 atom stereocenters. The van der Waals surface area contributed by atoms with Crippen LogP contribution in [0.2, 0.25) is 0 Å². The van der Waals surface area contributed by atoms with Crippen molar-refractivity contribution < 1.29 is 4.79 Å². The van der Waals surface area contributed by atoms with Gasteiger partial charge in [0.1, 0.15) is 0 Å². The molecule has 1 unspecified atom stereocenters. The first-order valence-electron chi connectivity index (χ1n) is 9.02. The van der Waals surface area contributed by atoms with Crippen LogP contribution in [0.25, 0.3) is 5.69 Å². The number of hydrogen-bond donors (Lipinski definition) is 0. The molecule has 0 N–H and O–H groups in total. The normalized spacial score (nSPS) is 12.0. The highest BCUT2D eigenvalue weighted by atomic mass is 32.2. The minimum atomic E-state index is 0.0399. The van der Waals surface area contributed by atoms with Crippen molar-refractivity contribution in [2.24, 2.45) is 0 Å². The number of carbonyl (C=O) groups is 1. The standard InChI is InChI=1S/C22H25N3OS/c1-16-9-8-12-20(17(16)2)25-14-13-23-22(25)27-15-21(26)24(4)18(3)19-10-6-5-7-11-19/h5-14,18H,15H2,1-4H3. The van der Waals surface area contributed by atoms with Gasteiger partial charge in [-0.15, -0.1) is 0 Å². The van der Waals surface area contributed by atoms with E-state index in [2.05, 4.69) is 54.6 Å². The van der Waals surface area contributed by atoms with Crippen LogP contribution in [0, 0.1) is 13.8 Å². The highest BCUT2D eigenvalue weighted by molar-refractivity contribution is 7.99. The number of nitrogens with zero attached hydrogens (tertiary/aromatic N) is 3. The summed E-state index contributed by atoms with van der Waals surface area (Å²) in [5.74, 6) is 0.446. The maximum atomic E-state index is 12.7. The molecule has 1 heterocycles. The van der Waals surface area contributed by atoms with Crippen molar-refractivity contribution in [3.63, 3.8) is 0 Å². The lowest BCUT2D eigenvalue weighted by Gasteiger charge is -2.25. The summed E-state index contributed by atoms with van der Waals surface area (Å²) in [5.41, 5.74) is 4.70.